The van der Waals surface area contributed by atoms with E-state index in [1.807, 2.05) is 54.6 Å². The molecule has 0 unspecified atom stereocenters. The highest BCUT2D eigenvalue weighted by molar-refractivity contribution is 6.10. The summed E-state index contributed by atoms with van der Waals surface area (Å²) in [7, 11) is 0. The van der Waals surface area contributed by atoms with Crippen LogP contribution in [-0.2, 0) is 6.42 Å². The van der Waals surface area contributed by atoms with Crippen LogP contribution < -0.4 is 0 Å². The fourth-order valence-electron chi connectivity index (χ4n) is 3.02. The topological polar surface area (TPSA) is 32.9 Å². The van der Waals surface area contributed by atoms with Crippen LogP contribution in [0.5, 0.6) is 0 Å². The third kappa shape index (κ3) is 2.09. The van der Waals surface area contributed by atoms with Gasteiger partial charge in [-0.15, -0.1) is 0 Å². The van der Waals surface area contributed by atoms with Gasteiger partial charge >= 0.3 is 0 Å². The Bertz CT molecular complexity index is 967. The molecule has 22 heavy (non-hydrogen) atoms. The molecule has 0 fully saturated rings. The standard InChI is InChI=1S/C20H15NO/c22-19(14-7-2-1-3-8-14)13-15-9-6-12-18-20(15)16-10-4-5-11-17(16)21-18/h1-12,21H,13H2. The zero-order valence-corrected chi connectivity index (χ0v) is 12.0. The molecule has 0 amide bonds. The van der Waals surface area contributed by atoms with Crippen molar-refractivity contribution in [2.24, 2.45) is 0 Å². The van der Waals surface area contributed by atoms with Crippen molar-refractivity contribution in [1.29, 1.82) is 0 Å². The lowest BCUT2D eigenvalue weighted by atomic mass is 9.99. The van der Waals surface area contributed by atoms with E-state index in [0.29, 0.717) is 6.42 Å². The summed E-state index contributed by atoms with van der Waals surface area (Å²) in [6.07, 6.45) is 0.420. The minimum Gasteiger partial charge on any atom is -0.355 e. The van der Waals surface area contributed by atoms with E-state index in [2.05, 4.69) is 23.2 Å². The quantitative estimate of drug-likeness (QED) is 0.541. The Morgan fingerprint density at radius 1 is 0.773 bits per heavy atom. The SMILES string of the molecule is O=C(Cc1cccc2[nH]c3ccccc3c12)c1ccccc1. The Labute approximate surface area is 128 Å². The highest BCUT2D eigenvalue weighted by atomic mass is 16.1. The number of hydrogen-bond donors (Lipinski definition) is 1. The minimum absolute atomic E-state index is 0.151. The molecule has 2 nitrogen and oxygen atoms in total. The van der Waals surface area contributed by atoms with E-state index in [0.717, 1.165) is 27.5 Å². The first-order valence-electron chi connectivity index (χ1n) is 7.39. The van der Waals surface area contributed by atoms with Gasteiger partial charge in [0.25, 0.3) is 0 Å². The van der Waals surface area contributed by atoms with Gasteiger partial charge in [-0.25, -0.2) is 0 Å². The molecule has 1 heterocycles. The van der Waals surface area contributed by atoms with Gasteiger partial charge in [0, 0.05) is 33.8 Å². The molecule has 4 aromatic rings. The molecule has 0 radical (unpaired) electrons. The van der Waals surface area contributed by atoms with Gasteiger partial charge < -0.3 is 4.98 Å². The second-order valence-electron chi connectivity index (χ2n) is 5.48. The van der Waals surface area contributed by atoms with Crippen LogP contribution in [0.1, 0.15) is 15.9 Å². The average molecular weight is 285 g/mol. The number of para-hydroxylation sites is 1. The van der Waals surface area contributed by atoms with Crippen molar-refractivity contribution in [3.05, 3.63) is 83.9 Å². The number of carbonyl (C=O) groups excluding carboxylic acids is 1. The van der Waals surface area contributed by atoms with E-state index in [1.165, 1.54) is 5.39 Å². The normalized spacial score (nSPS) is 11.1. The van der Waals surface area contributed by atoms with Crippen LogP contribution in [-0.4, -0.2) is 10.8 Å². The second-order valence-corrected chi connectivity index (χ2v) is 5.48. The highest BCUT2D eigenvalue weighted by Crippen LogP contribution is 2.29. The third-order valence-electron chi connectivity index (χ3n) is 4.06. The van der Waals surface area contributed by atoms with Crippen LogP contribution in [0.3, 0.4) is 0 Å². The van der Waals surface area contributed by atoms with Crippen molar-refractivity contribution in [1.82, 2.24) is 4.98 Å². The molecular formula is C20H15NO. The molecule has 0 aliphatic carbocycles. The van der Waals surface area contributed by atoms with Crippen molar-refractivity contribution in [2.75, 3.05) is 0 Å². The Morgan fingerprint density at radius 3 is 2.36 bits per heavy atom. The minimum atomic E-state index is 0.151. The molecule has 4 rings (SSSR count). The zero-order valence-electron chi connectivity index (χ0n) is 12.0. The van der Waals surface area contributed by atoms with Crippen LogP contribution >= 0.6 is 0 Å². The van der Waals surface area contributed by atoms with Gasteiger partial charge in [-0.05, 0) is 17.7 Å². The first-order valence-corrected chi connectivity index (χ1v) is 7.39. The first-order chi connectivity index (χ1) is 10.8. The van der Waals surface area contributed by atoms with E-state index in [-0.39, 0.29) is 5.78 Å². The fraction of sp³-hybridized carbons (Fsp3) is 0.0500. The van der Waals surface area contributed by atoms with Crippen LogP contribution in [0, 0.1) is 0 Å². The lowest BCUT2D eigenvalue weighted by Crippen LogP contribution is -2.03. The number of ketones is 1. The predicted octanol–water partition coefficient (Wildman–Crippen LogP) is 4.75. The van der Waals surface area contributed by atoms with Crippen LogP contribution in [0.2, 0.25) is 0 Å². The van der Waals surface area contributed by atoms with Gasteiger partial charge in [0.1, 0.15) is 0 Å². The molecule has 2 heteroatoms. The van der Waals surface area contributed by atoms with Gasteiger partial charge in [0.2, 0.25) is 0 Å². The molecule has 0 atom stereocenters. The molecule has 0 saturated carbocycles. The summed E-state index contributed by atoms with van der Waals surface area (Å²) >= 11 is 0. The number of Topliss-reactive ketones (excluding diaryl/α,β-unsaturated/α-hetero) is 1. The van der Waals surface area contributed by atoms with Crippen LogP contribution in [0.4, 0.5) is 0 Å². The summed E-state index contributed by atoms with van der Waals surface area (Å²) in [5.74, 6) is 0.151. The Balaban J connectivity index is 1.83. The predicted molar refractivity (Wildman–Crippen MR) is 90.3 cm³/mol. The van der Waals surface area contributed by atoms with Crippen molar-refractivity contribution in [3.8, 4) is 0 Å². The lowest BCUT2D eigenvalue weighted by molar-refractivity contribution is 0.0993. The molecule has 0 aliphatic heterocycles. The van der Waals surface area contributed by atoms with E-state index < -0.39 is 0 Å². The number of rotatable bonds is 3. The first kappa shape index (κ1) is 12.8. The van der Waals surface area contributed by atoms with Gasteiger partial charge in [-0.1, -0.05) is 60.7 Å². The summed E-state index contributed by atoms with van der Waals surface area (Å²) in [6.45, 7) is 0. The smallest absolute Gasteiger partial charge is 0.167 e. The van der Waals surface area contributed by atoms with Crippen LogP contribution in [0.25, 0.3) is 21.8 Å². The van der Waals surface area contributed by atoms with E-state index in [1.54, 1.807) is 0 Å². The molecule has 0 aliphatic rings. The largest absolute Gasteiger partial charge is 0.355 e. The summed E-state index contributed by atoms with van der Waals surface area (Å²) in [6, 6.07) is 23.8. The zero-order chi connectivity index (χ0) is 14.9. The van der Waals surface area contributed by atoms with Crippen molar-refractivity contribution in [3.63, 3.8) is 0 Å². The monoisotopic (exact) mass is 285 g/mol. The number of H-pyrrole nitrogens is 1. The maximum absolute atomic E-state index is 12.5. The lowest BCUT2D eigenvalue weighted by Gasteiger charge is -2.04. The number of nitrogens with one attached hydrogen (secondary N) is 1. The molecule has 0 bridgehead atoms. The Kier molecular flexibility index (Phi) is 3.01. The highest BCUT2D eigenvalue weighted by Gasteiger charge is 2.12. The van der Waals surface area contributed by atoms with Crippen molar-refractivity contribution < 1.29 is 4.79 Å². The molecule has 106 valence electrons. The number of hydrogen-bond acceptors (Lipinski definition) is 1. The fourth-order valence-corrected chi connectivity index (χ4v) is 3.02. The number of fused-ring (bicyclic) bond motifs is 3. The number of aromatic amines is 1. The number of aromatic nitrogens is 1. The van der Waals surface area contributed by atoms with Crippen molar-refractivity contribution >= 4 is 27.6 Å². The summed E-state index contributed by atoms with van der Waals surface area (Å²) < 4.78 is 0. The van der Waals surface area contributed by atoms with Crippen LogP contribution in [0.15, 0.2) is 72.8 Å². The maximum Gasteiger partial charge on any atom is 0.167 e. The molecule has 1 aromatic heterocycles. The third-order valence-corrected chi connectivity index (χ3v) is 4.06. The van der Waals surface area contributed by atoms with Crippen molar-refractivity contribution in [2.45, 2.75) is 6.42 Å². The second kappa shape index (κ2) is 5.15. The van der Waals surface area contributed by atoms with Gasteiger partial charge in [0.05, 0.1) is 0 Å². The Hall–Kier alpha value is -2.87. The Morgan fingerprint density at radius 2 is 1.50 bits per heavy atom. The van der Waals surface area contributed by atoms with E-state index in [4.69, 9.17) is 0 Å². The molecule has 1 N–H and O–H groups in total. The van der Waals surface area contributed by atoms with E-state index in [9.17, 15) is 4.79 Å². The number of benzene rings is 3. The molecule has 0 saturated heterocycles. The van der Waals surface area contributed by atoms with Gasteiger partial charge in [-0.2, -0.15) is 0 Å². The number of carbonyl (C=O) groups is 1. The van der Waals surface area contributed by atoms with Gasteiger partial charge in [-0.3, -0.25) is 4.79 Å². The van der Waals surface area contributed by atoms with E-state index >= 15 is 0 Å². The summed E-state index contributed by atoms with van der Waals surface area (Å²) in [5.41, 5.74) is 4.03. The molecule has 3 aromatic carbocycles. The summed E-state index contributed by atoms with van der Waals surface area (Å²) in [5, 5.41) is 2.33. The maximum atomic E-state index is 12.5. The van der Waals surface area contributed by atoms with Gasteiger partial charge in [0.15, 0.2) is 5.78 Å². The summed E-state index contributed by atoms with van der Waals surface area (Å²) in [4.78, 5) is 15.9. The average Bonchev–Trinajstić information content (AvgIpc) is 2.95. The molecular weight excluding hydrogens is 270 g/mol. The molecule has 0 spiro atoms.